The molecule has 0 heterocycles. The van der Waals surface area contributed by atoms with Crippen molar-refractivity contribution in [2.75, 3.05) is 13.1 Å². The molecule has 0 radical (unpaired) electrons. The molecule has 0 spiro atoms. The van der Waals surface area contributed by atoms with Gasteiger partial charge in [-0.3, -0.25) is 0 Å². The fourth-order valence-electron chi connectivity index (χ4n) is 4.61. The highest BCUT2D eigenvalue weighted by Crippen LogP contribution is 2.30. The van der Waals surface area contributed by atoms with Crippen molar-refractivity contribution in [3.8, 4) is 11.1 Å². The predicted octanol–water partition coefficient (Wildman–Crippen LogP) is 5.40. The zero-order valence-electron chi connectivity index (χ0n) is 23.1. The van der Waals surface area contributed by atoms with Gasteiger partial charge in [-0.25, -0.2) is 14.4 Å². The first-order valence-electron chi connectivity index (χ1n) is 13.5. The predicted molar refractivity (Wildman–Crippen MR) is 157 cm³/mol. The second-order valence-corrected chi connectivity index (χ2v) is 10.3. The van der Waals surface area contributed by atoms with Crippen LogP contribution in [0.2, 0.25) is 0 Å². The van der Waals surface area contributed by atoms with E-state index in [2.05, 4.69) is 11.4 Å². The van der Waals surface area contributed by atoms with Gasteiger partial charge >= 0.3 is 18.0 Å². The quantitative estimate of drug-likeness (QED) is 0.214. The lowest BCUT2D eigenvalue weighted by molar-refractivity contribution is -0.148. The Morgan fingerprint density at radius 2 is 1.49 bits per heavy atom. The fourth-order valence-corrected chi connectivity index (χ4v) is 4.61. The molecule has 4 aromatic carbocycles. The van der Waals surface area contributed by atoms with Crippen molar-refractivity contribution in [3.05, 3.63) is 108 Å². The highest BCUT2D eigenvalue weighted by molar-refractivity contribution is 5.96. The summed E-state index contributed by atoms with van der Waals surface area (Å²) in [6.45, 7) is 3.51. The fraction of sp³-hybridized carbons (Fsp3) is 0.242. The highest BCUT2D eigenvalue weighted by Gasteiger charge is 2.29. The van der Waals surface area contributed by atoms with Gasteiger partial charge in [0.15, 0.2) is 12.1 Å². The maximum atomic E-state index is 13.4. The third-order valence-electron chi connectivity index (χ3n) is 6.62. The Morgan fingerprint density at radius 1 is 0.829 bits per heavy atom. The van der Waals surface area contributed by atoms with Gasteiger partial charge in [0.05, 0.1) is 6.54 Å². The highest BCUT2D eigenvalue weighted by atomic mass is 16.5. The minimum absolute atomic E-state index is 0.00907. The number of fused-ring (bicyclic) bond motifs is 1. The topological polar surface area (TPSA) is 116 Å². The van der Waals surface area contributed by atoms with Gasteiger partial charge in [0, 0.05) is 6.54 Å². The molecule has 212 valence electrons. The van der Waals surface area contributed by atoms with E-state index in [4.69, 9.17) is 4.74 Å². The van der Waals surface area contributed by atoms with Crippen LogP contribution in [-0.4, -0.2) is 52.3 Å². The first-order chi connectivity index (χ1) is 19.7. The van der Waals surface area contributed by atoms with Crippen molar-refractivity contribution in [2.24, 2.45) is 5.92 Å². The van der Waals surface area contributed by atoms with E-state index >= 15 is 0 Å². The summed E-state index contributed by atoms with van der Waals surface area (Å²) in [5.74, 6) is -2.11. The molecular weight excluding hydrogens is 520 g/mol. The van der Waals surface area contributed by atoms with Crippen LogP contribution in [0.25, 0.3) is 21.9 Å². The molecule has 0 saturated heterocycles. The summed E-state index contributed by atoms with van der Waals surface area (Å²) in [6, 6.07) is 28.8. The van der Waals surface area contributed by atoms with Crippen molar-refractivity contribution < 1.29 is 29.3 Å². The number of hydrogen-bond acceptors (Lipinski definition) is 5. The zero-order valence-corrected chi connectivity index (χ0v) is 23.1. The molecule has 0 bridgehead atoms. The van der Waals surface area contributed by atoms with E-state index in [-0.39, 0.29) is 19.1 Å². The van der Waals surface area contributed by atoms with E-state index in [1.807, 2.05) is 92.7 Å². The number of amides is 2. The van der Waals surface area contributed by atoms with E-state index in [1.165, 1.54) is 4.90 Å². The molecule has 0 fully saturated rings. The third kappa shape index (κ3) is 7.70. The van der Waals surface area contributed by atoms with E-state index in [1.54, 1.807) is 12.1 Å². The molecule has 8 nitrogen and oxygen atoms in total. The van der Waals surface area contributed by atoms with Crippen LogP contribution in [0.15, 0.2) is 97.1 Å². The maximum Gasteiger partial charge on any atom is 0.334 e. The molecule has 4 rings (SSSR count). The average molecular weight is 555 g/mol. The Balaban J connectivity index is 1.61. The van der Waals surface area contributed by atoms with Crippen LogP contribution >= 0.6 is 0 Å². The van der Waals surface area contributed by atoms with Crippen molar-refractivity contribution >= 4 is 28.7 Å². The van der Waals surface area contributed by atoms with Crippen LogP contribution in [0.3, 0.4) is 0 Å². The number of nitrogens with one attached hydrogen (secondary N) is 1. The number of rotatable bonds is 11. The van der Waals surface area contributed by atoms with Gasteiger partial charge in [0.25, 0.3) is 0 Å². The molecule has 0 aliphatic rings. The van der Waals surface area contributed by atoms with Crippen LogP contribution in [0.4, 0.5) is 4.79 Å². The normalized spacial score (nSPS) is 12.5. The van der Waals surface area contributed by atoms with Gasteiger partial charge in [0.2, 0.25) is 0 Å². The maximum absolute atomic E-state index is 13.4. The van der Waals surface area contributed by atoms with E-state index in [0.29, 0.717) is 5.56 Å². The summed E-state index contributed by atoms with van der Waals surface area (Å²) < 4.78 is 5.58. The van der Waals surface area contributed by atoms with Crippen molar-refractivity contribution in [1.82, 2.24) is 10.2 Å². The van der Waals surface area contributed by atoms with Crippen molar-refractivity contribution in [1.29, 1.82) is 0 Å². The Hall–Kier alpha value is -4.69. The smallest absolute Gasteiger partial charge is 0.334 e. The Morgan fingerprint density at radius 3 is 2.17 bits per heavy atom. The van der Waals surface area contributed by atoms with Crippen LogP contribution in [0.5, 0.6) is 0 Å². The summed E-state index contributed by atoms with van der Waals surface area (Å²) in [7, 11) is 0. The second-order valence-electron chi connectivity index (χ2n) is 10.3. The van der Waals surface area contributed by atoms with Crippen LogP contribution < -0.4 is 5.32 Å². The molecule has 3 N–H and O–H groups in total. The van der Waals surface area contributed by atoms with Gasteiger partial charge in [-0.1, -0.05) is 111 Å². The lowest BCUT2D eigenvalue weighted by Gasteiger charge is -2.28. The SMILES string of the molecule is CC(C)CN(CC(O)C(=O)O)C(=O)N[C@H](C(=O)OCc1ccccc1)c1ccc(-c2cccc3ccccc23)cc1. The molecule has 8 heteroatoms. The number of urea groups is 1. The summed E-state index contributed by atoms with van der Waals surface area (Å²) in [5, 5.41) is 24.0. The van der Waals surface area contributed by atoms with Gasteiger partial charge in [-0.2, -0.15) is 0 Å². The Kier molecular flexibility index (Phi) is 9.71. The summed E-state index contributed by atoms with van der Waals surface area (Å²) >= 11 is 0. The van der Waals surface area contributed by atoms with E-state index in [9.17, 15) is 24.6 Å². The van der Waals surface area contributed by atoms with E-state index in [0.717, 1.165) is 27.5 Å². The number of hydrogen-bond donors (Lipinski definition) is 3. The molecular formula is C33H34N2O6. The molecule has 2 atom stereocenters. The largest absolute Gasteiger partial charge is 0.479 e. The van der Waals surface area contributed by atoms with Crippen LogP contribution in [0, 0.1) is 5.92 Å². The number of carboxylic acid groups (broad SMARTS) is 1. The minimum atomic E-state index is -1.76. The number of aliphatic hydroxyl groups is 1. The lowest BCUT2D eigenvalue weighted by atomic mass is 9.96. The summed E-state index contributed by atoms with van der Waals surface area (Å²) in [6.07, 6.45) is -1.76. The third-order valence-corrected chi connectivity index (χ3v) is 6.62. The number of benzene rings is 4. The Labute approximate surface area is 239 Å². The molecule has 41 heavy (non-hydrogen) atoms. The van der Waals surface area contributed by atoms with Gasteiger partial charge in [0.1, 0.15) is 6.61 Å². The number of nitrogens with zero attached hydrogens (tertiary/aromatic N) is 1. The van der Waals surface area contributed by atoms with Crippen molar-refractivity contribution in [2.45, 2.75) is 32.6 Å². The molecule has 0 aliphatic heterocycles. The lowest BCUT2D eigenvalue weighted by Crippen LogP contribution is -2.49. The molecule has 4 aromatic rings. The number of aliphatic hydroxyl groups excluding tert-OH is 1. The molecule has 0 aliphatic carbocycles. The monoisotopic (exact) mass is 554 g/mol. The van der Waals surface area contributed by atoms with Crippen LogP contribution in [0.1, 0.15) is 31.0 Å². The number of carboxylic acids is 1. The standard InChI is InChI=1S/C33H34N2O6/c1-22(2)19-35(20-29(36)31(37)38)33(40)34-30(32(39)41-21-23-9-4-3-5-10-23)26-17-15-25(16-18-26)28-14-8-12-24-11-6-7-13-27(24)28/h3-18,22,29-30,36H,19-21H2,1-2H3,(H,34,40)(H,37,38)/t29?,30-/m0/s1. The number of ether oxygens (including phenoxy) is 1. The van der Waals surface area contributed by atoms with E-state index < -0.39 is 36.7 Å². The number of aliphatic carboxylic acids is 1. The number of esters is 1. The molecule has 1 unspecified atom stereocenters. The summed E-state index contributed by atoms with van der Waals surface area (Å²) in [4.78, 5) is 39.2. The molecule has 0 saturated carbocycles. The number of carbonyl (C=O) groups is 3. The van der Waals surface area contributed by atoms with Gasteiger partial charge in [-0.05, 0) is 38.9 Å². The van der Waals surface area contributed by atoms with Gasteiger partial charge < -0.3 is 25.2 Å². The zero-order chi connectivity index (χ0) is 29.4. The number of carbonyl (C=O) groups excluding carboxylic acids is 2. The van der Waals surface area contributed by atoms with Gasteiger partial charge in [-0.15, -0.1) is 0 Å². The average Bonchev–Trinajstić information content (AvgIpc) is 2.98. The Bertz CT molecular complexity index is 1480. The minimum Gasteiger partial charge on any atom is -0.479 e. The first-order valence-corrected chi connectivity index (χ1v) is 13.5. The van der Waals surface area contributed by atoms with Crippen LogP contribution in [-0.2, 0) is 20.9 Å². The second kappa shape index (κ2) is 13.6. The summed E-state index contributed by atoms with van der Waals surface area (Å²) in [5.41, 5.74) is 3.28. The molecule has 0 aromatic heterocycles. The molecule has 2 amide bonds. The van der Waals surface area contributed by atoms with Crippen molar-refractivity contribution in [3.63, 3.8) is 0 Å². The first kappa shape index (κ1) is 29.3.